The molecule has 4 fully saturated rings. The lowest BCUT2D eigenvalue weighted by Gasteiger charge is -2.40. The SMILES string of the molecule is NC1(C(=O)O)CCC(C2CCCCC2)CC1.O=C(NC1(C(=O)O)CCC(C2CCCCC2)CC1)OCC1c2ccccc2-c2ccccc21. The van der Waals surface area contributed by atoms with Crippen LogP contribution in [-0.4, -0.2) is 45.9 Å². The number of alkyl carbamates (subject to hydrolysis) is 1. The molecule has 5 aliphatic carbocycles. The van der Waals surface area contributed by atoms with Crippen LogP contribution in [0.25, 0.3) is 11.1 Å². The molecular weight excluding hydrogens is 616 g/mol. The molecule has 0 saturated heterocycles. The van der Waals surface area contributed by atoms with Crippen molar-refractivity contribution in [1.82, 2.24) is 5.32 Å². The highest BCUT2D eigenvalue weighted by molar-refractivity contribution is 5.85. The second kappa shape index (κ2) is 15.7. The molecule has 0 atom stereocenters. The molecule has 0 aromatic heterocycles. The van der Waals surface area contributed by atoms with E-state index >= 15 is 0 Å². The second-order valence-electron chi connectivity index (χ2n) is 15.8. The Labute approximate surface area is 291 Å². The van der Waals surface area contributed by atoms with Gasteiger partial charge in [-0.2, -0.15) is 0 Å². The first kappa shape index (κ1) is 35.4. The molecule has 0 unspecified atom stereocenters. The van der Waals surface area contributed by atoms with E-state index in [0.29, 0.717) is 31.6 Å². The Morgan fingerprint density at radius 3 is 1.51 bits per heavy atom. The molecule has 8 heteroatoms. The number of rotatable bonds is 7. The Bertz CT molecular complexity index is 1400. The number of benzene rings is 2. The maximum Gasteiger partial charge on any atom is 0.408 e. The average molecular weight is 673 g/mol. The lowest BCUT2D eigenvalue weighted by atomic mass is 9.68. The zero-order valence-corrected chi connectivity index (χ0v) is 29.0. The van der Waals surface area contributed by atoms with Crippen LogP contribution in [0.4, 0.5) is 4.79 Å². The van der Waals surface area contributed by atoms with Gasteiger partial charge in [0.15, 0.2) is 0 Å². The first-order chi connectivity index (χ1) is 23.7. The van der Waals surface area contributed by atoms with Crippen molar-refractivity contribution in [2.24, 2.45) is 29.4 Å². The number of amides is 1. The Hall–Kier alpha value is -3.39. The highest BCUT2D eigenvalue weighted by Crippen LogP contribution is 2.45. The third-order valence-corrected chi connectivity index (χ3v) is 13.0. The molecule has 0 bridgehead atoms. The number of carboxylic acids is 2. The average Bonchev–Trinajstić information content (AvgIpc) is 3.46. The largest absolute Gasteiger partial charge is 0.480 e. The zero-order chi connectivity index (χ0) is 34.4. The van der Waals surface area contributed by atoms with Crippen molar-refractivity contribution < 1.29 is 29.3 Å². The molecule has 1 amide bonds. The van der Waals surface area contributed by atoms with Gasteiger partial charge >= 0.3 is 18.0 Å². The van der Waals surface area contributed by atoms with Gasteiger partial charge in [-0.1, -0.05) is 113 Å². The van der Waals surface area contributed by atoms with E-state index in [0.717, 1.165) is 54.6 Å². The Kier molecular flexibility index (Phi) is 11.3. The number of hydrogen-bond donors (Lipinski definition) is 4. The van der Waals surface area contributed by atoms with E-state index in [4.69, 9.17) is 15.6 Å². The van der Waals surface area contributed by atoms with E-state index in [2.05, 4.69) is 29.6 Å². The Balaban J connectivity index is 0.000000218. The molecule has 49 heavy (non-hydrogen) atoms. The highest BCUT2D eigenvalue weighted by Gasteiger charge is 2.45. The maximum atomic E-state index is 12.8. The zero-order valence-electron chi connectivity index (χ0n) is 29.0. The number of hydrogen-bond acceptors (Lipinski definition) is 5. The van der Waals surface area contributed by atoms with Crippen LogP contribution in [0.2, 0.25) is 0 Å². The lowest BCUT2D eigenvalue weighted by Crippen LogP contribution is -2.57. The predicted octanol–water partition coefficient (Wildman–Crippen LogP) is 8.66. The number of ether oxygens (including phenoxy) is 1. The lowest BCUT2D eigenvalue weighted by molar-refractivity contribution is -0.147. The summed E-state index contributed by atoms with van der Waals surface area (Å²) in [4.78, 5) is 36.0. The minimum absolute atomic E-state index is 0.0361. The molecule has 7 rings (SSSR count). The Morgan fingerprint density at radius 2 is 1.06 bits per heavy atom. The summed E-state index contributed by atoms with van der Waals surface area (Å²) in [5.41, 5.74) is 8.39. The standard InChI is InChI=1S/C28H33NO4.C13H23NO2/c30-26(31)28(16-14-20(15-17-28)19-8-2-1-3-9-19)29-27(32)33-18-25-23-12-6-4-10-21(23)22-11-5-7-13-24(22)25;14-13(12(15)16)8-6-11(7-9-13)10-4-2-1-3-5-10/h4-7,10-13,19-20,25H,1-3,8-9,14-18H2,(H,29,32)(H,30,31);10-11H,1-9,14H2,(H,15,16). The molecule has 5 N–H and O–H groups in total. The monoisotopic (exact) mass is 672 g/mol. The summed E-state index contributed by atoms with van der Waals surface area (Å²) in [6.07, 6.45) is 18.7. The van der Waals surface area contributed by atoms with Gasteiger partial charge in [0.2, 0.25) is 0 Å². The molecule has 5 aliphatic rings. The summed E-state index contributed by atoms with van der Waals surface area (Å²) in [6, 6.07) is 16.4. The normalized spacial score (nSPS) is 29.1. The van der Waals surface area contributed by atoms with Gasteiger partial charge in [-0.15, -0.1) is 0 Å². The van der Waals surface area contributed by atoms with Gasteiger partial charge in [0.25, 0.3) is 0 Å². The number of carbonyl (C=O) groups is 3. The summed E-state index contributed by atoms with van der Waals surface area (Å²) < 4.78 is 5.65. The van der Waals surface area contributed by atoms with E-state index in [1.807, 2.05) is 24.3 Å². The van der Waals surface area contributed by atoms with Crippen LogP contribution in [0.3, 0.4) is 0 Å². The number of carboxylic acid groups (broad SMARTS) is 2. The van der Waals surface area contributed by atoms with Crippen molar-refractivity contribution in [1.29, 1.82) is 0 Å². The van der Waals surface area contributed by atoms with Crippen LogP contribution in [0.15, 0.2) is 48.5 Å². The van der Waals surface area contributed by atoms with Gasteiger partial charge in [0.05, 0.1) is 0 Å². The van der Waals surface area contributed by atoms with Gasteiger partial charge in [-0.05, 0) is 97.3 Å². The number of nitrogens with two attached hydrogens (primary N) is 1. The summed E-state index contributed by atoms with van der Waals surface area (Å²) in [6.45, 7) is 0.195. The van der Waals surface area contributed by atoms with Crippen molar-refractivity contribution in [3.8, 4) is 11.1 Å². The van der Waals surface area contributed by atoms with Gasteiger partial charge in [0, 0.05) is 5.92 Å². The van der Waals surface area contributed by atoms with Crippen LogP contribution >= 0.6 is 0 Å². The van der Waals surface area contributed by atoms with Crippen molar-refractivity contribution >= 4 is 18.0 Å². The van der Waals surface area contributed by atoms with E-state index in [1.165, 1.54) is 75.3 Å². The molecule has 266 valence electrons. The van der Waals surface area contributed by atoms with E-state index in [-0.39, 0.29) is 12.5 Å². The molecule has 0 aliphatic heterocycles. The van der Waals surface area contributed by atoms with Crippen LogP contribution in [0.5, 0.6) is 0 Å². The number of nitrogens with one attached hydrogen (secondary N) is 1. The fraction of sp³-hybridized carbons (Fsp3) is 0.634. The van der Waals surface area contributed by atoms with Crippen molar-refractivity contribution in [3.05, 3.63) is 59.7 Å². The summed E-state index contributed by atoms with van der Waals surface area (Å²) in [5, 5.41) is 21.8. The molecule has 0 heterocycles. The number of carbonyl (C=O) groups excluding carboxylic acids is 1. The van der Waals surface area contributed by atoms with Crippen molar-refractivity contribution in [2.75, 3.05) is 6.61 Å². The topological polar surface area (TPSA) is 139 Å². The first-order valence-corrected chi connectivity index (χ1v) is 19.1. The molecule has 2 aromatic carbocycles. The fourth-order valence-corrected chi connectivity index (χ4v) is 9.88. The quantitative estimate of drug-likeness (QED) is 0.231. The summed E-state index contributed by atoms with van der Waals surface area (Å²) in [5.74, 6) is 1.11. The van der Waals surface area contributed by atoms with Crippen molar-refractivity contribution in [3.63, 3.8) is 0 Å². The molecule has 4 saturated carbocycles. The molecule has 0 radical (unpaired) electrons. The Morgan fingerprint density at radius 1 is 0.633 bits per heavy atom. The second-order valence-corrected chi connectivity index (χ2v) is 15.8. The van der Waals surface area contributed by atoms with Crippen molar-refractivity contribution in [2.45, 2.75) is 133 Å². The van der Waals surface area contributed by atoms with E-state index < -0.39 is 29.1 Å². The predicted molar refractivity (Wildman–Crippen MR) is 190 cm³/mol. The van der Waals surface area contributed by atoms with Crippen LogP contribution in [0.1, 0.15) is 133 Å². The summed E-state index contributed by atoms with van der Waals surface area (Å²) in [7, 11) is 0. The van der Waals surface area contributed by atoms with Gasteiger partial charge in [-0.25, -0.2) is 9.59 Å². The van der Waals surface area contributed by atoms with Gasteiger partial charge < -0.3 is 26.0 Å². The third kappa shape index (κ3) is 8.00. The molecule has 0 spiro atoms. The minimum Gasteiger partial charge on any atom is -0.480 e. The molecule has 8 nitrogen and oxygen atoms in total. The smallest absolute Gasteiger partial charge is 0.408 e. The molecule has 2 aromatic rings. The number of fused-ring (bicyclic) bond motifs is 3. The van der Waals surface area contributed by atoms with Crippen LogP contribution in [0, 0.1) is 23.7 Å². The first-order valence-electron chi connectivity index (χ1n) is 19.1. The van der Waals surface area contributed by atoms with Gasteiger partial charge in [0.1, 0.15) is 17.7 Å². The van der Waals surface area contributed by atoms with Gasteiger partial charge in [-0.3, -0.25) is 4.79 Å². The van der Waals surface area contributed by atoms with Crippen LogP contribution in [-0.2, 0) is 14.3 Å². The fourth-order valence-electron chi connectivity index (χ4n) is 9.88. The number of aliphatic carboxylic acids is 2. The van der Waals surface area contributed by atoms with E-state index in [9.17, 15) is 19.5 Å². The third-order valence-electron chi connectivity index (χ3n) is 13.0. The summed E-state index contributed by atoms with van der Waals surface area (Å²) >= 11 is 0. The maximum absolute atomic E-state index is 12.8. The van der Waals surface area contributed by atoms with Crippen LogP contribution < -0.4 is 11.1 Å². The highest BCUT2D eigenvalue weighted by atomic mass is 16.5. The minimum atomic E-state index is -1.21. The van der Waals surface area contributed by atoms with E-state index in [1.54, 1.807) is 0 Å². The molecular formula is C41H56N2O6.